The number of nitrogens with two attached hydrogens (primary N) is 2. The number of pyridine rings is 1. The van der Waals surface area contributed by atoms with Crippen LogP contribution in [-0.4, -0.2) is 31.0 Å². The Morgan fingerprint density at radius 3 is 3.00 bits per heavy atom. The van der Waals surface area contributed by atoms with Gasteiger partial charge in [-0.3, -0.25) is 4.99 Å². The molecule has 0 spiro atoms. The molecule has 0 radical (unpaired) electrons. The van der Waals surface area contributed by atoms with Gasteiger partial charge in [0.1, 0.15) is 5.82 Å². The van der Waals surface area contributed by atoms with Gasteiger partial charge in [-0.25, -0.2) is 4.98 Å². The van der Waals surface area contributed by atoms with Crippen molar-refractivity contribution >= 4 is 29.3 Å². The number of halogens is 1. The third kappa shape index (κ3) is 5.58. The highest BCUT2D eigenvalue weighted by atomic mass is 35.5. The minimum Gasteiger partial charge on any atom is -0.397 e. The molecule has 0 amide bonds. The smallest absolute Gasteiger partial charge is 0.124 e. The van der Waals surface area contributed by atoms with Gasteiger partial charge in [0.25, 0.3) is 0 Å². The van der Waals surface area contributed by atoms with Crippen molar-refractivity contribution < 1.29 is 4.74 Å². The first-order valence-electron chi connectivity index (χ1n) is 7.47. The largest absolute Gasteiger partial charge is 0.397 e. The second-order valence-electron chi connectivity index (χ2n) is 5.41. The molecule has 1 aromatic heterocycles. The summed E-state index contributed by atoms with van der Waals surface area (Å²) in [5.41, 5.74) is 13.3. The van der Waals surface area contributed by atoms with Gasteiger partial charge in [0.05, 0.1) is 16.9 Å². The molecule has 0 bridgehead atoms. The third-order valence-corrected chi connectivity index (χ3v) is 3.89. The maximum atomic E-state index is 6.04. The Labute approximate surface area is 141 Å². The van der Waals surface area contributed by atoms with Crippen LogP contribution < -0.4 is 16.8 Å². The highest BCUT2D eigenvalue weighted by Gasteiger charge is 2.12. The van der Waals surface area contributed by atoms with E-state index in [1.165, 1.54) is 12.4 Å². The maximum absolute atomic E-state index is 6.04. The second-order valence-corrected chi connectivity index (χ2v) is 5.82. The van der Waals surface area contributed by atoms with Gasteiger partial charge in [-0.15, -0.1) is 0 Å². The zero-order valence-electron chi connectivity index (χ0n) is 13.0. The Kier molecular flexibility index (Phi) is 6.43. The van der Waals surface area contributed by atoms with E-state index in [-0.39, 0.29) is 0 Å². The molecule has 0 unspecified atom stereocenters. The van der Waals surface area contributed by atoms with Gasteiger partial charge in [-0.05, 0) is 24.8 Å². The molecule has 5 N–H and O–H groups in total. The van der Waals surface area contributed by atoms with Crippen LogP contribution in [0.25, 0.3) is 5.70 Å². The summed E-state index contributed by atoms with van der Waals surface area (Å²) >= 11 is 6.04. The number of nitrogen functional groups attached to an aromatic ring is 1. The molecule has 1 fully saturated rings. The molecule has 1 saturated heterocycles. The Hall–Kier alpha value is -2.05. The topological polar surface area (TPSA) is 98.5 Å². The summed E-state index contributed by atoms with van der Waals surface area (Å²) in [7, 11) is 0. The van der Waals surface area contributed by atoms with Crippen molar-refractivity contribution in [2.75, 3.05) is 25.5 Å². The number of allylic oxidation sites excluding steroid dienone is 1. The molecule has 1 aliphatic heterocycles. The van der Waals surface area contributed by atoms with Crippen LogP contribution in [0.4, 0.5) is 5.82 Å². The number of hydrogen-bond donors (Lipinski definition) is 3. The molecular weight excluding hydrogens is 314 g/mol. The summed E-state index contributed by atoms with van der Waals surface area (Å²) < 4.78 is 5.34. The number of nitrogens with one attached hydrogen (secondary N) is 1. The third-order valence-electron chi connectivity index (χ3n) is 3.59. The van der Waals surface area contributed by atoms with Gasteiger partial charge in [-0.1, -0.05) is 18.2 Å². The molecule has 124 valence electrons. The van der Waals surface area contributed by atoms with E-state index >= 15 is 0 Å². The van der Waals surface area contributed by atoms with Crippen LogP contribution in [0.3, 0.4) is 0 Å². The standard InChI is InChI=1S/C16H22ClN5O/c1-11(21-8-12-2-4-23-5-3-12)7-20-10-15(18)13-6-16(19)22-9-14(13)17/h6-7,9-10,12,21H,1-5,8,18H2,(H2,19,22)/b15-10-,20-7?. The van der Waals surface area contributed by atoms with E-state index in [9.17, 15) is 0 Å². The second kappa shape index (κ2) is 8.55. The Morgan fingerprint density at radius 2 is 2.26 bits per heavy atom. The van der Waals surface area contributed by atoms with E-state index in [1.54, 1.807) is 12.3 Å². The highest BCUT2D eigenvalue weighted by molar-refractivity contribution is 6.32. The lowest BCUT2D eigenvalue weighted by Gasteiger charge is -2.22. The van der Waals surface area contributed by atoms with Gasteiger partial charge in [0.15, 0.2) is 0 Å². The van der Waals surface area contributed by atoms with Crippen LogP contribution >= 0.6 is 11.6 Å². The first-order valence-corrected chi connectivity index (χ1v) is 7.85. The first kappa shape index (κ1) is 17.3. The summed E-state index contributed by atoms with van der Waals surface area (Å²) in [5, 5.41) is 3.69. The van der Waals surface area contributed by atoms with Crippen LogP contribution in [-0.2, 0) is 4.74 Å². The molecule has 1 aliphatic rings. The molecule has 1 aromatic rings. The van der Waals surface area contributed by atoms with Crippen molar-refractivity contribution in [3.8, 4) is 0 Å². The first-order chi connectivity index (χ1) is 11.1. The maximum Gasteiger partial charge on any atom is 0.124 e. The Morgan fingerprint density at radius 1 is 1.52 bits per heavy atom. The zero-order valence-corrected chi connectivity index (χ0v) is 13.7. The van der Waals surface area contributed by atoms with E-state index in [4.69, 9.17) is 27.8 Å². The number of nitrogens with zero attached hydrogens (tertiary/aromatic N) is 2. The fraction of sp³-hybridized carbons (Fsp3) is 0.375. The van der Waals surface area contributed by atoms with Gasteiger partial charge in [0, 0.05) is 43.4 Å². The molecule has 2 rings (SSSR count). The minimum absolute atomic E-state index is 0.354. The Bertz CT molecular complexity index is 608. The molecule has 7 heteroatoms. The number of ether oxygens (including phenoxy) is 1. The zero-order chi connectivity index (χ0) is 16.7. The van der Waals surface area contributed by atoms with Crippen molar-refractivity contribution in [1.29, 1.82) is 0 Å². The average molecular weight is 336 g/mol. The minimum atomic E-state index is 0.354. The van der Waals surface area contributed by atoms with Crippen LogP contribution in [0.1, 0.15) is 18.4 Å². The van der Waals surface area contributed by atoms with Crippen molar-refractivity contribution in [3.05, 3.63) is 41.3 Å². The SMILES string of the molecule is C=C(C=N/C=C(\N)c1cc(N)ncc1Cl)NCC1CCOCC1. The van der Waals surface area contributed by atoms with E-state index in [0.717, 1.165) is 38.3 Å². The number of hydrogen-bond acceptors (Lipinski definition) is 6. The Balaban J connectivity index is 1.86. The highest BCUT2D eigenvalue weighted by Crippen LogP contribution is 2.21. The van der Waals surface area contributed by atoms with Crippen molar-refractivity contribution in [3.63, 3.8) is 0 Å². The molecule has 0 aromatic carbocycles. The molecule has 0 atom stereocenters. The normalized spacial score (nSPS) is 16.7. The summed E-state index contributed by atoms with van der Waals surface area (Å²) in [4.78, 5) is 8.05. The van der Waals surface area contributed by atoms with Crippen molar-refractivity contribution in [2.24, 2.45) is 16.6 Å². The predicted molar refractivity (Wildman–Crippen MR) is 95.0 cm³/mol. The predicted octanol–water partition coefficient (Wildman–Crippen LogP) is 2.18. The fourth-order valence-corrected chi connectivity index (χ4v) is 2.44. The molecule has 6 nitrogen and oxygen atoms in total. The molecule has 0 saturated carbocycles. The van der Waals surface area contributed by atoms with Crippen LogP contribution in [0.2, 0.25) is 5.02 Å². The number of aromatic nitrogens is 1. The van der Waals surface area contributed by atoms with Crippen LogP contribution in [0.15, 0.2) is 35.7 Å². The summed E-state index contributed by atoms with van der Waals surface area (Å²) in [6.45, 7) is 6.47. The molecular formula is C16H22ClN5O. The summed E-state index contributed by atoms with van der Waals surface area (Å²) in [6, 6.07) is 1.61. The lowest BCUT2D eigenvalue weighted by Crippen LogP contribution is -2.27. The number of anilines is 1. The fourth-order valence-electron chi connectivity index (χ4n) is 2.22. The van der Waals surface area contributed by atoms with Crippen LogP contribution in [0, 0.1) is 5.92 Å². The lowest BCUT2D eigenvalue weighted by molar-refractivity contribution is 0.0671. The van der Waals surface area contributed by atoms with Gasteiger partial charge in [0.2, 0.25) is 0 Å². The monoisotopic (exact) mass is 335 g/mol. The van der Waals surface area contributed by atoms with Gasteiger partial charge >= 0.3 is 0 Å². The summed E-state index contributed by atoms with van der Waals surface area (Å²) in [5.74, 6) is 0.973. The van der Waals surface area contributed by atoms with Crippen molar-refractivity contribution in [1.82, 2.24) is 10.3 Å². The van der Waals surface area contributed by atoms with Crippen LogP contribution in [0.5, 0.6) is 0 Å². The lowest BCUT2D eigenvalue weighted by atomic mass is 10.0. The quantitative estimate of drug-likeness (QED) is 0.692. The average Bonchev–Trinajstić information content (AvgIpc) is 2.56. The van der Waals surface area contributed by atoms with E-state index in [0.29, 0.717) is 28.0 Å². The van der Waals surface area contributed by atoms with E-state index < -0.39 is 0 Å². The van der Waals surface area contributed by atoms with E-state index in [1.807, 2.05) is 0 Å². The molecule has 2 heterocycles. The van der Waals surface area contributed by atoms with Gasteiger partial charge in [-0.2, -0.15) is 0 Å². The van der Waals surface area contributed by atoms with Gasteiger partial charge < -0.3 is 21.5 Å². The molecule has 23 heavy (non-hydrogen) atoms. The van der Waals surface area contributed by atoms with Crippen molar-refractivity contribution in [2.45, 2.75) is 12.8 Å². The molecule has 0 aliphatic carbocycles. The number of rotatable bonds is 6. The summed E-state index contributed by atoms with van der Waals surface area (Å²) in [6.07, 6.45) is 6.76. The van der Waals surface area contributed by atoms with E-state index in [2.05, 4.69) is 21.9 Å². The number of aliphatic imine (C=N–C) groups is 1.